The molecule has 1 heterocycles. The first kappa shape index (κ1) is 14.2. The molecule has 1 aromatic heterocycles. The number of thiophene rings is 1. The van der Waals surface area contributed by atoms with E-state index < -0.39 is 5.97 Å². The zero-order chi connectivity index (χ0) is 14.0. The van der Waals surface area contributed by atoms with Gasteiger partial charge in [-0.3, -0.25) is 4.79 Å². The Hall–Kier alpha value is -1.18. The molecule has 1 amide bonds. The van der Waals surface area contributed by atoms with Crippen molar-refractivity contribution in [3.8, 4) is 0 Å². The molecule has 2 N–H and O–H groups in total. The van der Waals surface area contributed by atoms with Gasteiger partial charge in [0.2, 0.25) is 0 Å². The number of carbonyl (C=O) groups excluding carboxylic acids is 1. The van der Waals surface area contributed by atoms with Crippen LogP contribution in [-0.2, 0) is 0 Å². The van der Waals surface area contributed by atoms with Crippen LogP contribution in [0, 0.1) is 0 Å². The molecule has 0 atom stereocenters. The van der Waals surface area contributed by atoms with E-state index >= 15 is 0 Å². The summed E-state index contributed by atoms with van der Waals surface area (Å²) < 4.78 is 1.36. The number of carbonyl (C=O) groups is 2. The van der Waals surface area contributed by atoms with Crippen LogP contribution in [0.4, 0.5) is 5.69 Å². The predicted octanol–water partition coefficient (Wildman–Crippen LogP) is 4.22. The number of nitrogens with one attached hydrogen (secondary N) is 1. The molecule has 0 unspecified atom stereocenters. The van der Waals surface area contributed by atoms with Crippen LogP contribution < -0.4 is 5.32 Å². The minimum atomic E-state index is -1.09. The number of anilines is 1. The van der Waals surface area contributed by atoms with Crippen molar-refractivity contribution in [1.29, 1.82) is 0 Å². The van der Waals surface area contributed by atoms with E-state index in [0.29, 0.717) is 9.35 Å². The van der Waals surface area contributed by atoms with Crippen LogP contribution in [0.1, 0.15) is 20.0 Å². The number of halogens is 2. The van der Waals surface area contributed by atoms with Gasteiger partial charge < -0.3 is 10.4 Å². The van der Waals surface area contributed by atoms with Gasteiger partial charge in [0.25, 0.3) is 5.91 Å². The van der Waals surface area contributed by atoms with Gasteiger partial charge in [-0.1, -0.05) is 6.07 Å². The van der Waals surface area contributed by atoms with E-state index in [-0.39, 0.29) is 17.2 Å². The van der Waals surface area contributed by atoms with Crippen LogP contribution >= 0.6 is 43.2 Å². The zero-order valence-electron chi connectivity index (χ0n) is 9.31. The van der Waals surface area contributed by atoms with Crippen molar-refractivity contribution < 1.29 is 14.7 Å². The minimum absolute atomic E-state index is 0.0401. The molecule has 0 radical (unpaired) electrons. The molecule has 19 heavy (non-hydrogen) atoms. The summed E-state index contributed by atoms with van der Waals surface area (Å²) >= 11 is 7.79. The van der Waals surface area contributed by atoms with Crippen LogP contribution in [0.3, 0.4) is 0 Å². The molecule has 7 heteroatoms. The fourth-order valence-electron chi connectivity index (χ4n) is 1.44. The normalized spacial score (nSPS) is 10.2. The topological polar surface area (TPSA) is 66.4 Å². The number of aromatic carboxylic acids is 1. The molecule has 0 aliphatic carbocycles. The Morgan fingerprint density at radius 1 is 1.16 bits per heavy atom. The van der Waals surface area contributed by atoms with Crippen molar-refractivity contribution >= 4 is 60.8 Å². The smallest absolute Gasteiger partial charge is 0.337 e. The van der Waals surface area contributed by atoms with E-state index in [0.717, 1.165) is 3.79 Å². The summed E-state index contributed by atoms with van der Waals surface area (Å²) in [5.41, 5.74) is 0.294. The summed E-state index contributed by atoms with van der Waals surface area (Å²) in [5.74, 6) is -1.44. The predicted molar refractivity (Wildman–Crippen MR) is 81.1 cm³/mol. The lowest BCUT2D eigenvalue weighted by Gasteiger charge is -2.09. The van der Waals surface area contributed by atoms with Crippen molar-refractivity contribution in [1.82, 2.24) is 0 Å². The molecule has 2 aromatic rings. The lowest BCUT2D eigenvalue weighted by Crippen LogP contribution is -2.14. The largest absolute Gasteiger partial charge is 0.478 e. The summed E-state index contributed by atoms with van der Waals surface area (Å²) in [6, 6.07) is 8.14. The van der Waals surface area contributed by atoms with E-state index in [1.807, 2.05) is 0 Å². The van der Waals surface area contributed by atoms with Gasteiger partial charge in [-0.05, 0) is 56.1 Å². The van der Waals surface area contributed by atoms with Gasteiger partial charge in [-0.15, -0.1) is 11.3 Å². The highest BCUT2D eigenvalue weighted by Gasteiger charge is 2.17. The lowest BCUT2D eigenvalue weighted by molar-refractivity contribution is 0.0698. The summed E-state index contributed by atoms with van der Waals surface area (Å²) in [6.45, 7) is 0. The number of para-hydroxylation sites is 1. The van der Waals surface area contributed by atoms with Crippen LogP contribution in [-0.4, -0.2) is 17.0 Å². The number of hydrogen-bond acceptors (Lipinski definition) is 3. The van der Waals surface area contributed by atoms with Crippen LogP contribution in [0.15, 0.2) is 38.6 Å². The number of carboxylic acids is 1. The molecule has 0 aliphatic rings. The Kier molecular flexibility index (Phi) is 4.38. The number of carboxylic acid groups (broad SMARTS) is 1. The zero-order valence-corrected chi connectivity index (χ0v) is 13.3. The fraction of sp³-hybridized carbons (Fsp3) is 0. The Bertz CT molecular complexity index is 654. The highest BCUT2D eigenvalue weighted by Crippen LogP contribution is 2.28. The van der Waals surface area contributed by atoms with Crippen LogP contribution in [0.2, 0.25) is 0 Å². The maximum absolute atomic E-state index is 12.0. The third kappa shape index (κ3) is 3.23. The molecule has 0 saturated heterocycles. The third-order valence-electron chi connectivity index (χ3n) is 2.28. The van der Waals surface area contributed by atoms with Crippen molar-refractivity contribution in [3.05, 3.63) is 49.0 Å². The number of amides is 1. The van der Waals surface area contributed by atoms with Gasteiger partial charge in [0, 0.05) is 4.47 Å². The Balaban J connectivity index is 2.33. The standard InChI is InChI=1S/C12H7Br2NO3S/c13-7-3-1-2-6(12(17)18)10(7)15-11(16)8-4-5-9(14)19-8/h1-5H,(H,15,16)(H,17,18). The van der Waals surface area contributed by atoms with Crippen molar-refractivity contribution in [2.45, 2.75) is 0 Å². The summed E-state index contributed by atoms with van der Waals surface area (Å²) in [6.07, 6.45) is 0. The summed E-state index contributed by atoms with van der Waals surface area (Å²) in [7, 11) is 0. The first-order chi connectivity index (χ1) is 8.99. The van der Waals surface area contributed by atoms with E-state index in [1.165, 1.54) is 17.4 Å². The molecule has 2 rings (SSSR count). The molecule has 4 nitrogen and oxygen atoms in total. The van der Waals surface area contributed by atoms with Gasteiger partial charge >= 0.3 is 5.97 Å². The molecule has 98 valence electrons. The first-order valence-corrected chi connectivity index (χ1v) is 7.48. The number of rotatable bonds is 3. The Morgan fingerprint density at radius 2 is 1.89 bits per heavy atom. The number of hydrogen-bond donors (Lipinski definition) is 2. The Labute approximate surface area is 129 Å². The number of benzene rings is 1. The van der Waals surface area contributed by atoms with Crippen molar-refractivity contribution in [3.63, 3.8) is 0 Å². The summed E-state index contributed by atoms with van der Waals surface area (Å²) in [5, 5.41) is 11.7. The fourth-order valence-corrected chi connectivity index (χ4v) is 3.19. The van der Waals surface area contributed by atoms with Gasteiger partial charge in [-0.2, -0.15) is 0 Å². The molecule has 0 spiro atoms. The molecule has 0 saturated carbocycles. The second kappa shape index (κ2) is 5.85. The molecular formula is C12H7Br2NO3S. The van der Waals surface area contributed by atoms with E-state index in [2.05, 4.69) is 37.2 Å². The monoisotopic (exact) mass is 403 g/mol. The molecule has 0 bridgehead atoms. The van der Waals surface area contributed by atoms with Crippen LogP contribution in [0.5, 0.6) is 0 Å². The maximum atomic E-state index is 12.0. The molecular weight excluding hydrogens is 398 g/mol. The minimum Gasteiger partial charge on any atom is -0.478 e. The van der Waals surface area contributed by atoms with E-state index in [4.69, 9.17) is 5.11 Å². The molecule has 1 aromatic carbocycles. The maximum Gasteiger partial charge on any atom is 0.337 e. The SMILES string of the molecule is O=C(Nc1c(Br)cccc1C(=O)O)c1ccc(Br)s1. The van der Waals surface area contributed by atoms with Gasteiger partial charge in [0.15, 0.2) is 0 Å². The van der Waals surface area contributed by atoms with Crippen molar-refractivity contribution in [2.24, 2.45) is 0 Å². The molecule has 0 aliphatic heterocycles. The first-order valence-electron chi connectivity index (χ1n) is 5.07. The quantitative estimate of drug-likeness (QED) is 0.804. The van der Waals surface area contributed by atoms with Gasteiger partial charge in [-0.25, -0.2) is 4.79 Å². The lowest BCUT2D eigenvalue weighted by atomic mass is 10.2. The average molecular weight is 405 g/mol. The highest BCUT2D eigenvalue weighted by atomic mass is 79.9. The van der Waals surface area contributed by atoms with Gasteiger partial charge in [0.05, 0.1) is 19.9 Å². The third-order valence-corrected chi connectivity index (χ3v) is 4.56. The van der Waals surface area contributed by atoms with Gasteiger partial charge in [0.1, 0.15) is 0 Å². The highest BCUT2D eigenvalue weighted by molar-refractivity contribution is 9.11. The Morgan fingerprint density at radius 3 is 2.47 bits per heavy atom. The van der Waals surface area contributed by atoms with E-state index in [1.54, 1.807) is 24.3 Å². The summed E-state index contributed by atoms with van der Waals surface area (Å²) in [4.78, 5) is 23.6. The molecule has 0 fully saturated rings. The second-order valence-electron chi connectivity index (χ2n) is 3.53. The van der Waals surface area contributed by atoms with Crippen LogP contribution in [0.25, 0.3) is 0 Å². The second-order valence-corrected chi connectivity index (χ2v) is 6.84. The van der Waals surface area contributed by atoms with Crippen molar-refractivity contribution in [2.75, 3.05) is 5.32 Å². The average Bonchev–Trinajstić information content (AvgIpc) is 2.78. The van der Waals surface area contributed by atoms with E-state index in [9.17, 15) is 9.59 Å².